The van der Waals surface area contributed by atoms with Crippen LogP contribution in [-0.4, -0.2) is 28.3 Å². The van der Waals surface area contributed by atoms with Crippen molar-refractivity contribution in [2.24, 2.45) is 0 Å². The first kappa shape index (κ1) is 22.4. The summed E-state index contributed by atoms with van der Waals surface area (Å²) in [5.74, 6) is -0.456. The summed E-state index contributed by atoms with van der Waals surface area (Å²) in [6, 6.07) is 17.3. The van der Waals surface area contributed by atoms with Gasteiger partial charge in [-0.1, -0.05) is 55.3 Å². The van der Waals surface area contributed by atoms with Crippen LogP contribution >= 0.6 is 0 Å². The number of ketones is 1. The fourth-order valence-corrected chi connectivity index (χ4v) is 3.93. The van der Waals surface area contributed by atoms with Crippen LogP contribution < -0.4 is 4.74 Å². The number of benzene rings is 2. The van der Waals surface area contributed by atoms with Crippen molar-refractivity contribution in [3.8, 4) is 5.75 Å². The van der Waals surface area contributed by atoms with Gasteiger partial charge in [0.05, 0.1) is 31.0 Å². The van der Waals surface area contributed by atoms with E-state index in [1.54, 1.807) is 36.4 Å². The summed E-state index contributed by atoms with van der Waals surface area (Å²) in [4.78, 5) is 27.6. The number of furan rings is 1. The van der Waals surface area contributed by atoms with Gasteiger partial charge in [0, 0.05) is 5.56 Å². The number of aliphatic hydroxyl groups is 1. The molecule has 1 unspecified atom stereocenters. The van der Waals surface area contributed by atoms with E-state index in [4.69, 9.17) is 9.15 Å². The molecule has 0 aliphatic carbocycles. The summed E-state index contributed by atoms with van der Waals surface area (Å²) >= 11 is 0. The minimum Gasteiger partial charge on any atom is -0.507 e. The molecule has 0 spiro atoms. The Kier molecular flexibility index (Phi) is 6.63. The molecule has 1 amide bonds. The molecule has 1 N–H and O–H groups in total. The number of unbranched alkanes of at least 4 members (excludes halogenated alkanes) is 1. The zero-order valence-corrected chi connectivity index (χ0v) is 18.8. The molecular formula is C27H27NO5. The second-order valence-corrected chi connectivity index (χ2v) is 8.15. The Morgan fingerprint density at radius 3 is 2.58 bits per heavy atom. The number of aliphatic hydroxyl groups excluding tert-OH is 1. The number of rotatable bonds is 8. The second-order valence-electron chi connectivity index (χ2n) is 8.15. The van der Waals surface area contributed by atoms with Crippen LogP contribution in [0.3, 0.4) is 0 Å². The van der Waals surface area contributed by atoms with Crippen molar-refractivity contribution in [1.82, 2.24) is 4.90 Å². The SMILES string of the molecule is CCCCOc1cccc(/C(O)=C2\C(=O)C(=O)N(Cc3ccco3)C2c2ccc(C)cc2)c1. The smallest absolute Gasteiger partial charge is 0.296 e. The van der Waals surface area contributed by atoms with Crippen LogP contribution in [0, 0.1) is 6.92 Å². The highest BCUT2D eigenvalue weighted by molar-refractivity contribution is 6.46. The first-order valence-corrected chi connectivity index (χ1v) is 11.1. The molecule has 3 aromatic rings. The molecule has 1 aromatic heterocycles. The molecule has 33 heavy (non-hydrogen) atoms. The predicted octanol–water partition coefficient (Wildman–Crippen LogP) is 5.39. The van der Waals surface area contributed by atoms with Gasteiger partial charge in [-0.25, -0.2) is 0 Å². The zero-order valence-electron chi connectivity index (χ0n) is 18.8. The van der Waals surface area contributed by atoms with Crippen LogP contribution in [0.2, 0.25) is 0 Å². The number of carbonyl (C=O) groups excluding carboxylic acids is 2. The van der Waals surface area contributed by atoms with Gasteiger partial charge in [0.2, 0.25) is 0 Å². The molecule has 0 saturated carbocycles. The summed E-state index contributed by atoms with van der Waals surface area (Å²) in [5, 5.41) is 11.2. The van der Waals surface area contributed by atoms with E-state index in [1.807, 2.05) is 31.2 Å². The van der Waals surface area contributed by atoms with E-state index < -0.39 is 17.7 Å². The van der Waals surface area contributed by atoms with Gasteiger partial charge in [-0.3, -0.25) is 9.59 Å². The number of Topliss-reactive ketones (excluding diaryl/α,β-unsaturated/α-hetero) is 1. The van der Waals surface area contributed by atoms with Crippen molar-refractivity contribution < 1.29 is 23.8 Å². The van der Waals surface area contributed by atoms with Crippen LogP contribution in [0.25, 0.3) is 5.76 Å². The number of hydrogen-bond donors (Lipinski definition) is 1. The van der Waals surface area contributed by atoms with Crippen LogP contribution in [0.5, 0.6) is 5.75 Å². The average Bonchev–Trinajstić information content (AvgIpc) is 3.42. The van der Waals surface area contributed by atoms with Crippen LogP contribution in [0.15, 0.2) is 76.9 Å². The number of hydrogen-bond acceptors (Lipinski definition) is 5. The third kappa shape index (κ3) is 4.70. The minimum absolute atomic E-state index is 0.0566. The molecule has 2 aromatic carbocycles. The summed E-state index contributed by atoms with van der Waals surface area (Å²) in [6.45, 7) is 4.73. The van der Waals surface area contributed by atoms with Crippen molar-refractivity contribution in [1.29, 1.82) is 0 Å². The van der Waals surface area contributed by atoms with Crippen molar-refractivity contribution >= 4 is 17.4 Å². The number of amides is 1. The highest BCUT2D eigenvalue weighted by Gasteiger charge is 2.46. The first-order chi connectivity index (χ1) is 16.0. The molecule has 0 radical (unpaired) electrons. The van der Waals surface area contributed by atoms with Gasteiger partial charge in [-0.15, -0.1) is 0 Å². The largest absolute Gasteiger partial charge is 0.507 e. The third-order valence-electron chi connectivity index (χ3n) is 5.71. The monoisotopic (exact) mass is 445 g/mol. The molecular weight excluding hydrogens is 418 g/mol. The number of nitrogens with zero attached hydrogens (tertiary/aromatic N) is 1. The Balaban J connectivity index is 1.78. The lowest BCUT2D eigenvalue weighted by atomic mass is 9.94. The lowest BCUT2D eigenvalue weighted by Crippen LogP contribution is -2.29. The fraction of sp³-hybridized carbons (Fsp3) is 0.259. The van der Waals surface area contributed by atoms with E-state index >= 15 is 0 Å². The van der Waals surface area contributed by atoms with Crippen LogP contribution in [-0.2, 0) is 16.1 Å². The Labute approximate surface area is 193 Å². The molecule has 1 saturated heterocycles. The molecule has 1 aliphatic rings. The standard InChI is InChI=1S/C27H27NO5/c1-3-4-14-32-21-8-5-7-20(16-21)25(29)23-24(19-12-10-18(2)11-13-19)28(27(31)26(23)30)17-22-9-6-15-33-22/h5-13,15-16,24,29H,3-4,14,17H2,1-2H3/b25-23+. The van der Waals surface area contributed by atoms with Gasteiger partial charge in [0.25, 0.3) is 11.7 Å². The molecule has 1 aliphatic heterocycles. The Morgan fingerprint density at radius 1 is 1.09 bits per heavy atom. The summed E-state index contributed by atoms with van der Waals surface area (Å²) < 4.78 is 11.2. The summed E-state index contributed by atoms with van der Waals surface area (Å²) in [6.07, 6.45) is 3.45. The molecule has 6 nitrogen and oxygen atoms in total. The van der Waals surface area contributed by atoms with Crippen molar-refractivity contribution in [3.05, 3.63) is 95.0 Å². The molecule has 4 rings (SSSR count). The van der Waals surface area contributed by atoms with E-state index in [2.05, 4.69) is 6.92 Å². The fourth-order valence-electron chi connectivity index (χ4n) is 3.93. The maximum atomic E-state index is 13.1. The van der Waals surface area contributed by atoms with Gasteiger partial charge < -0.3 is 19.2 Å². The first-order valence-electron chi connectivity index (χ1n) is 11.1. The number of aryl methyl sites for hydroxylation is 1. The zero-order chi connectivity index (χ0) is 23.4. The molecule has 1 atom stereocenters. The summed E-state index contributed by atoms with van der Waals surface area (Å²) in [5.41, 5.74) is 2.28. The van der Waals surface area contributed by atoms with Crippen LogP contribution in [0.1, 0.15) is 48.3 Å². The number of likely N-dealkylation sites (tertiary alicyclic amines) is 1. The van der Waals surface area contributed by atoms with Gasteiger partial charge in [0.1, 0.15) is 17.3 Å². The average molecular weight is 446 g/mol. The van der Waals surface area contributed by atoms with E-state index in [0.29, 0.717) is 23.7 Å². The maximum absolute atomic E-state index is 13.1. The van der Waals surface area contributed by atoms with Gasteiger partial charge in [0.15, 0.2) is 0 Å². The van der Waals surface area contributed by atoms with E-state index in [9.17, 15) is 14.7 Å². The molecule has 6 heteroatoms. The summed E-state index contributed by atoms with van der Waals surface area (Å²) in [7, 11) is 0. The highest BCUT2D eigenvalue weighted by atomic mass is 16.5. The Bertz CT molecular complexity index is 1160. The Hall–Kier alpha value is -3.80. The quantitative estimate of drug-likeness (QED) is 0.218. The molecule has 1 fully saturated rings. The van der Waals surface area contributed by atoms with E-state index in [0.717, 1.165) is 24.0 Å². The topological polar surface area (TPSA) is 80.0 Å². The second kappa shape index (κ2) is 9.77. The third-order valence-corrected chi connectivity index (χ3v) is 5.71. The van der Waals surface area contributed by atoms with Gasteiger partial charge in [-0.2, -0.15) is 0 Å². The van der Waals surface area contributed by atoms with Crippen molar-refractivity contribution in [2.75, 3.05) is 6.61 Å². The van der Waals surface area contributed by atoms with E-state index in [1.165, 1.54) is 11.2 Å². The Morgan fingerprint density at radius 2 is 1.88 bits per heavy atom. The van der Waals surface area contributed by atoms with Crippen LogP contribution in [0.4, 0.5) is 0 Å². The minimum atomic E-state index is -0.736. The highest BCUT2D eigenvalue weighted by Crippen LogP contribution is 2.40. The lowest BCUT2D eigenvalue weighted by molar-refractivity contribution is -0.140. The maximum Gasteiger partial charge on any atom is 0.296 e. The normalized spacial score (nSPS) is 17.5. The van der Waals surface area contributed by atoms with E-state index in [-0.39, 0.29) is 17.9 Å². The van der Waals surface area contributed by atoms with Crippen molar-refractivity contribution in [3.63, 3.8) is 0 Å². The molecule has 170 valence electrons. The lowest BCUT2D eigenvalue weighted by Gasteiger charge is -2.24. The molecule has 2 heterocycles. The number of carbonyl (C=O) groups is 2. The van der Waals surface area contributed by atoms with Gasteiger partial charge in [-0.05, 0) is 43.2 Å². The van der Waals surface area contributed by atoms with Crippen molar-refractivity contribution in [2.45, 2.75) is 39.3 Å². The number of ether oxygens (including phenoxy) is 1. The van der Waals surface area contributed by atoms with Gasteiger partial charge >= 0.3 is 0 Å². The predicted molar refractivity (Wildman–Crippen MR) is 125 cm³/mol. The molecule has 0 bridgehead atoms.